The summed E-state index contributed by atoms with van der Waals surface area (Å²) < 4.78 is 23.5. The molecule has 0 radical (unpaired) electrons. The molecule has 5 rings (SSSR count). The average Bonchev–Trinajstić information content (AvgIpc) is 3.42. The Kier molecular flexibility index (Phi) is 6.12. The van der Waals surface area contributed by atoms with Gasteiger partial charge in [-0.25, -0.2) is 9.79 Å². The molecule has 0 N–H and O–H groups in total. The van der Waals surface area contributed by atoms with Crippen molar-refractivity contribution in [3.63, 3.8) is 0 Å². The molecule has 1 atom stereocenters. The first-order valence-electron chi connectivity index (χ1n) is 10.8. The molecule has 0 fully saturated rings. The number of carbonyl (C=O) groups excluding carboxylic acids is 1. The molecule has 3 heterocycles. The van der Waals surface area contributed by atoms with Crippen molar-refractivity contribution in [2.45, 2.75) is 19.9 Å². The number of fused-ring (bicyclic) bond motifs is 2. The minimum absolute atomic E-state index is 0.119. The fourth-order valence-corrected chi connectivity index (χ4v) is 5.35. The molecule has 0 spiro atoms. The summed E-state index contributed by atoms with van der Waals surface area (Å²) in [5, 5.41) is 0.424. The van der Waals surface area contributed by atoms with E-state index in [-0.39, 0.29) is 19.0 Å². The van der Waals surface area contributed by atoms with E-state index in [1.54, 1.807) is 51.3 Å². The van der Waals surface area contributed by atoms with Gasteiger partial charge in [-0.3, -0.25) is 9.36 Å². The van der Waals surface area contributed by atoms with Crippen LogP contribution in [0.1, 0.15) is 31.0 Å². The molecule has 35 heavy (non-hydrogen) atoms. The number of nitrogens with zero attached hydrogens (tertiary/aromatic N) is 2. The lowest BCUT2D eigenvalue weighted by molar-refractivity contribution is -0.139. The van der Waals surface area contributed by atoms with Crippen molar-refractivity contribution in [2.75, 3.05) is 20.5 Å². The lowest BCUT2D eigenvalue weighted by Crippen LogP contribution is -2.39. The van der Waals surface area contributed by atoms with E-state index in [9.17, 15) is 9.59 Å². The van der Waals surface area contributed by atoms with E-state index >= 15 is 0 Å². The molecule has 2 aliphatic heterocycles. The first-order chi connectivity index (χ1) is 16.9. The van der Waals surface area contributed by atoms with E-state index in [4.69, 9.17) is 30.5 Å². The molecule has 3 aromatic rings. The second-order valence-electron chi connectivity index (χ2n) is 7.81. The number of rotatable bonds is 5. The van der Waals surface area contributed by atoms with Crippen LogP contribution < -0.4 is 29.1 Å². The maximum Gasteiger partial charge on any atom is 0.338 e. The highest BCUT2D eigenvalue weighted by atomic mass is 35.5. The molecule has 0 aliphatic carbocycles. The van der Waals surface area contributed by atoms with E-state index in [1.165, 1.54) is 15.9 Å². The highest BCUT2D eigenvalue weighted by Gasteiger charge is 2.33. The first kappa shape index (κ1) is 23.2. The molecule has 1 aromatic heterocycles. The van der Waals surface area contributed by atoms with E-state index in [0.29, 0.717) is 54.0 Å². The van der Waals surface area contributed by atoms with Gasteiger partial charge in [0, 0.05) is 6.07 Å². The van der Waals surface area contributed by atoms with Crippen molar-refractivity contribution in [1.82, 2.24) is 4.57 Å². The van der Waals surface area contributed by atoms with Gasteiger partial charge in [-0.15, -0.1) is 0 Å². The number of esters is 1. The van der Waals surface area contributed by atoms with Crippen molar-refractivity contribution in [2.24, 2.45) is 4.99 Å². The van der Waals surface area contributed by atoms with Gasteiger partial charge in [0.25, 0.3) is 5.56 Å². The fraction of sp³-hybridized carbons (Fsp3) is 0.240. The summed E-state index contributed by atoms with van der Waals surface area (Å²) >= 11 is 7.66. The Labute approximate surface area is 209 Å². The Morgan fingerprint density at radius 3 is 2.80 bits per heavy atom. The van der Waals surface area contributed by atoms with Crippen molar-refractivity contribution in [3.05, 3.63) is 83.5 Å². The van der Waals surface area contributed by atoms with E-state index in [0.717, 1.165) is 0 Å². The Balaban J connectivity index is 1.72. The van der Waals surface area contributed by atoms with Gasteiger partial charge in [-0.1, -0.05) is 35.1 Å². The first-order valence-corrected chi connectivity index (χ1v) is 12.0. The van der Waals surface area contributed by atoms with E-state index < -0.39 is 12.0 Å². The Morgan fingerprint density at radius 2 is 2.06 bits per heavy atom. The quantitative estimate of drug-likeness (QED) is 0.488. The molecule has 0 unspecified atom stereocenters. The largest absolute Gasteiger partial charge is 0.497 e. The Morgan fingerprint density at radius 1 is 1.29 bits per heavy atom. The summed E-state index contributed by atoms with van der Waals surface area (Å²) in [4.78, 5) is 31.7. The lowest BCUT2D eigenvalue weighted by atomic mass is 9.95. The van der Waals surface area contributed by atoms with Gasteiger partial charge < -0.3 is 18.9 Å². The lowest BCUT2D eigenvalue weighted by Gasteiger charge is -2.25. The molecule has 180 valence electrons. The topological polar surface area (TPSA) is 88.4 Å². The van der Waals surface area contributed by atoms with Crippen LogP contribution in [0.2, 0.25) is 5.02 Å². The van der Waals surface area contributed by atoms with Gasteiger partial charge in [0.15, 0.2) is 16.3 Å². The van der Waals surface area contributed by atoms with Crippen LogP contribution in [-0.4, -0.2) is 31.0 Å². The van der Waals surface area contributed by atoms with Crippen LogP contribution in [-0.2, 0) is 9.53 Å². The molecule has 0 saturated carbocycles. The number of aromatic nitrogens is 1. The van der Waals surface area contributed by atoms with Crippen LogP contribution >= 0.6 is 22.9 Å². The van der Waals surface area contributed by atoms with Crippen LogP contribution in [0.3, 0.4) is 0 Å². The van der Waals surface area contributed by atoms with Crippen LogP contribution in [0.15, 0.2) is 57.5 Å². The molecule has 0 amide bonds. The summed E-state index contributed by atoms with van der Waals surface area (Å²) in [6, 6.07) is 9.93. The smallest absolute Gasteiger partial charge is 0.338 e. The number of halogens is 1. The van der Waals surface area contributed by atoms with Crippen molar-refractivity contribution in [1.29, 1.82) is 0 Å². The second-order valence-corrected chi connectivity index (χ2v) is 9.22. The number of benzene rings is 2. The monoisotopic (exact) mass is 512 g/mol. The van der Waals surface area contributed by atoms with Crippen LogP contribution in [0.4, 0.5) is 0 Å². The average molecular weight is 513 g/mol. The molecular formula is C25H21ClN2O6S. The van der Waals surface area contributed by atoms with Gasteiger partial charge in [-0.05, 0) is 49.2 Å². The normalized spacial score (nSPS) is 16.7. The number of allylic oxidation sites excluding steroid dienone is 1. The molecule has 2 aromatic carbocycles. The van der Waals surface area contributed by atoms with Crippen molar-refractivity contribution in [3.8, 4) is 17.2 Å². The number of carbonyl (C=O) groups is 1. The maximum absolute atomic E-state index is 13.7. The number of hydrogen-bond donors (Lipinski definition) is 0. The minimum atomic E-state index is -0.727. The molecule has 0 bridgehead atoms. The number of hydrogen-bond acceptors (Lipinski definition) is 8. The van der Waals surface area contributed by atoms with Gasteiger partial charge >= 0.3 is 5.97 Å². The van der Waals surface area contributed by atoms with Crippen LogP contribution in [0.5, 0.6) is 17.2 Å². The van der Waals surface area contributed by atoms with Gasteiger partial charge in [0.2, 0.25) is 6.79 Å². The third-order valence-corrected chi connectivity index (χ3v) is 7.02. The van der Waals surface area contributed by atoms with E-state index in [2.05, 4.69) is 4.99 Å². The highest BCUT2D eigenvalue weighted by Crippen LogP contribution is 2.37. The van der Waals surface area contributed by atoms with Crippen LogP contribution in [0.25, 0.3) is 6.08 Å². The third-order valence-electron chi connectivity index (χ3n) is 5.71. The minimum Gasteiger partial charge on any atom is -0.497 e. The molecule has 8 nitrogen and oxygen atoms in total. The predicted octanol–water partition coefficient (Wildman–Crippen LogP) is 3.19. The van der Waals surface area contributed by atoms with E-state index in [1.807, 2.05) is 12.1 Å². The summed E-state index contributed by atoms with van der Waals surface area (Å²) in [5.74, 6) is 1.20. The predicted molar refractivity (Wildman–Crippen MR) is 131 cm³/mol. The summed E-state index contributed by atoms with van der Waals surface area (Å²) in [7, 11) is 1.56. The van der Waals surface area contributed by atoms with Gasteiger partial charge in [0.1, 0.15) is 5.75 Å². The summed E-state index contributed by atoms with van der Waals surface area (Å²) in [5.41, 5.74) is 1.81. The molecular weight excluding hydrogens is 492 g/mol. The summed E-state index contributed by atoms with van der Waals surface area (Å²) in [6.07, 6.45) is 1.69. The number of methoxy groups -OCH3 is 1. The highest BCUT2D eigenvalue weighted by molar-refractivity contribution is 7.07. The van der Waals surface area contributed by atoms with Gasteiger partial charge in [-0.2, -0.15) is 0 Å². The number of ether oxygens (including phenoxy) is 4. The molecule has 10 heteroatoms. The fourth-order valence-electron chi connectivity index (χ4n) is 4.10. The SMILES string of the molecule is CCOC(=O)C1=C(C)N=c2s/c(=C\c3cc4c(cc3Cl)OCO4)c(=O)n2[C@H]1c1cccc(OC)c1. The molecule has 2 aliphatic rings. The summed E-state index contributed by atoms with van der Waals surface area (Å²) in [6.45, 7) is 3.80. The third kappa shape index (κ3) is 4.11. The van der Waals surface area contributed by atoms with Crippen LogP contribution in [0, 0.1) is 0 Å². The zero-order valence-corrected chi connectivity index (χ0v) is 20.7. The van der Waals surface area contributed by atoms with Crippen molar-refractivity contribution >= 4 is 35.0 Å². The number of thiazole rings is 1. The Bertz CT molecular complexity index is 1550. The molecule has 0 saturated heterocycles. The Hall–Kier alpha value is -3.56. The van der Waals surface area contributed by atoms with Crippen molar-refractivity contribution < 1.29 is 23.7 Å². The van der Waals surface area contributed by atoms with Gasteiger partial charge in [0.05, 0.1) is 40.6 Å². The second kappa shape index (κ2) is 9.24. The zero-order valence-electron chi connectivity index (χ0n) is 19.2. The standard InChI is InChI=1S/C25H21ClN2O6S/c1-4-32-24(30)21-13(2)27-25-28(22(21)14-6-5-7-16(8-14)31-3)23(29)20(35-25)10-15-9-18-19(11-17(15)26)34-12-33-18/h5-11,22H,4,12H2,1-3H3/b20-10-/t22-/m0/s1. The zero-order chi connectivity index (χ0) is 24.7. The maximum atomic E-state index is 13.7.